The second-order valence-corrected chi connectivity index (χ2v) is 6.83. The summed E-state index contributed by atoms with van der Waals surface area (Å²) in [6.07, 6.45) is 2.24. The molecule has 0 amide bonds. The van der Waals surface area contributed by atoms with Crippen LogP contribution in [-0.2, 0) is 0 Å². The molecule has 0 saturated heterocycles. The van der Waals surface area contributed by atoms with Crippen LogP contribution < -0.4 is 16.0 Å². The number of nitrogens with two attached hydrogens (primary N) is 1. The minimum Gasteiger partial charge on any atom is -0.494 e. The first-order chi connectivity index (χ1) is 9.35. The van der Waals surface area contributed by atoms with Crippen LogP contribution in [0.4, 0.5) is 0 Å². The second kappa shape index (κ2) is 7.65. The molecule has 0 aliphatic carbocycles. The Hall–Kier alpha value is -1.06. The van der Waals surface area contributed by atoms with Gasteiger partial charge in [0.25, 0.3) is 0 Å². The normalized spacial score (nSPS) is 14.9. The fourth-order valence-corrected chi connectivity index (χ4v) is 2.79. The van der Waals surface area contributed by atoms with Crippen molar-refractivity contribution in [3.63, 3.8) is 0 Å². The molecular weight excluding hydrogens is 248 g/mol. The van der Waals surface area contributed by atoms with E-state index in [1.54, 1.807) is 0 Å². The van der Waals surface area contributed by atoms with Crippen molar-refractivity contribution in [2.75, 3.05) is 6.61 Å². The zero-order valence-corrected chi connectivity index (χ0v) is 13.6. The molecule has 2 unspecified atom stereocenters. The lowest BCUT2D eigenvalue weighted by molar-refractivity contribution is 0.276. The summed E-state index contributed by atoms with van der Waals surface area (Å²) in [6, 6.07) is 8.41. The summed E-state index contributed by atoms with van der Waals surface area (Å²) < 4.78 is 5.47. The molecule has 0 bridgehead atoms. The van der Waals surface area contributed by atoms with Gasteiger partial charge in [-0.05, 0) is 48.8 Å². The summed E-state index contributed by atoms with van der Waals surface area (Å²) in [5, 5.41) is 0. The Balaban J connectivity index is 2.65. The quantitative estimate of drug-likeness (QED) is 0.584. The summed E-state index contributed by atoms with van der Waals surface area (Å²) in [7, 11) is 0. The Kier molecular flexibility index (Phi) is 6.50. The highest BCUT2D eigenvalue weighted by atomic mass is 16.5. The molecule has 0 spiro atoms. The van der Waals surface area contributed by atoms with Gasteiger partial charge < -0.3 is 4.74 Å². The average Bonchev–Trinajstić information content (AvgIpc) is 2.35. The Morgan fingerprint density at radius 1 is 1.20 bits per heavy atom. The van der Waals surface area contributed by atoms with Crippen molar-refractivity contribution in [1.82, 2.24) is 5.43 Å². The van der Waals surface area contributed by atoms with Crippen LogP contribution in [0.3, 0.4) is 0 Å². The van der Waals surface area contributed by atoms with Crippen LogP contribution >= 0.6 is 0 Å². The van der Waals surface area contributed by atoms with E-state index in [1.165, 1.54) is 12.0 Å². The van der Waals surface area contributed by atoms with Crippen LogP contribution in [0.2, 0.25) is 0 Å². The smallest absolute Gasteiger partial charge is 0.119 e. The summed E-state index contributed by atoms with van der Waals surface area (Å²) >= 11 is 0. The molecule has 0 fully saturated rings. The van der Waals surface area contributed by atoms with E-state index < -0.39 is 0 Å². The molecule has 20 heavy (non-hydrogen) atoms. The topological polar surface area (TPSA) is 47.3 Å². The van der Waals surface area contributed by atoms with Crippen molar-refractivity contribution >= 4 is 0 Å². The van der Waals surface area contributed by atoms with Gasteiger partial charge in [0.05, 0.1) is 6.61 Å². The maximum absolute atomic E-state index is 5.73. The maximum Gasteiger partial charge on any atom is 0.119 e. The van der Waals surface area contributed by atoms with Crippen LogP contribution in [0.1, 0.15) is 59.1 Å². The van der Waals surface area contributed by atoms with Crippen molar-refractivity contribution in [3.05, 3.63) is 29.8 Å². The predicted molar refractivity (Wildman–Crippen MR) is 85.5 cm³/mol. The number of rotatable bonds is 7. The van der Waals surface area contributed by atoms with E-state index >= 15 is 0 Å². The van der Waals surface area contributed by atoms with Crippen molar-refractivity contribution in [2.24, 2.45) is 17.2 Å². The lowest BCUT2D eigenvalue weighted by atomic mass is 9.82. The first kappa shape index (κ1) is 17.0. The van der Waals surface area contributed by atoms with Crippen molar-refractivity contribution in [3.8, 4) is 5.75 Å². The highest BCUT2D eigenvalue weighted by Crippen LogP contribution is 2.30. The summed E-state index contributed by atoms with van der Waals surface area (Å²) in [4.78, 5) is 0. The van der Waals surface area contributed by atoms with Crippen LogP contribution in [-0.4, -0.2) is 6.61 Å². The van der Waals surface area contributed by atoms with Gasteiger partial charge >= 0.3 is 0 Å². The van der Waals surface area contributed by atoms with Gasteiger partial charge in [-0.25, -0.2) is 0 Å². The molecule has 0 saturated carbocycles. The maximum atomic E-state index is 5.73. The van der Waals surface area contributed by atoms with E-state index in [-0.39, 0.29) is 6.04 Å². The monoisotopic (exact) mass is 278 g/mol. The molecule has 0 radical (unpaired) electrons. The number of hydrazine groups is 1. The minimum absolute atomic E-state index is 0.197. The van der Waals surface area contributed by atoms with E-state index in [1.807, 2.05) is 19.1 Å². The molecule has 0 heterocycles. The van der Waals surface area contributed by atoms with Gasteiger partial charge in [0.1, 0.15) is 5.75 Å². The number of benzene rings is 1. The minimum atomic E-state index is 0.197. The SMILES string of the molecule is CCOc1ccc(C(CC(C)CC(C)(C)C)NN)cc1. The number of hydrogen-bond acceptors (Lipinski definition) is 3. The third-order valence-electron chi connectivity index (χ3n) is 3.39. The molecule has 3 nitrogen and oxygen atoms in total. The van der Waals surface area contributed by atoms with E-state index in [4.69, 9.17) is 10.6 Å². The van der Waals surface area contributed by atoms with Gasteiger partial charge in [0.2, 0.25) is 0 Å². The number of ether oxygens (including phenoxy) is 1. The summed E-state index contributed by atoms with van der Waals surface area (Å²) in [5.41, 5.74) is 4.52. The number of hydrogen-bond donors (Lipinski definition) is 2. The van der Waals surface area contributed by atoms with Gasteiger partial charge in [0.15, 0.2) is 0 Å². The van der Waals surface area contributed by atoms with Crippen LogP contribution in [0.25, 0.3) is 0 Å². The van der Waals surface area contributed by atoms with E-state index in [0.717, 1.165) is 12.2 Å². The fourth-order valence-electron chi connectivity index (χ4n) is 2.79. The van der Waals surface area contributed by atoms with E-state index in [0.29, 0.717) is 17.9 Å². The lowest BCUT2D eigenvalue weighted by Crippen LogP contribution is -2.30. The zero-order valence-electron chi connectivity index (χ0n) is 13.6. The molecule has 1 aromatic rings. The van der Waals surface area contributed by atoms with Crippen LogP contribution in [0.15, 0.2) is 24.3 Å². The highest BCUT2D eigenvalue weighted by molar-refractivity contribution is 5.29. The van der Waals surface area contributed by atoms with E-state index in [9.17, 15) is 0 Å². The van der Waals surface area contributed by atoms with Crippen LogP contribution in [0.5, 0.6) is 5.75 Å². The molecule has 0 aliphatic rings. The van der Waals surface area contributed by atoms with Crippen LogP contribution in [0, 0.1) is 11.3 Å². The molecule has 0 aliphatic heterocycles. The van der Waals surface area contributed by atoms with E-state index in [2.05, 4.69) is 45.3 Å². The fraction of sp³-hybridized carbons (Fsp3) is 0.647. The zero-order chi connectivity index (χ0) is 15.2. The molecular formula is C17H30N2O. The molecule has 3 heteroatoms. The summed E-state index contributed by atoms with van der Waals surface area (Å²) in [5.74, 6) is 7.27. The van der Waals surface area contributed by atoms with Gasteiger partial charge in [0, 0.05) is 6.04 Å². The van der Waals surface area contributed by atoms with Crippen molar-refractivity contribution < 1.29 is 4.74 Å². The molecule has 2 atom stereocenters. The lowest BCUT2D eigenvalue weighted by Gasteiger charge is -2.26. The Labute approximate surface area is 123 Å². The predicted octanol–water partition coefficient (Wildman–Crippen LogP) is 4.05. The Morgan fingerprint density at radius 3 is 2.25 bits per heavy atom. The average molecular weight is 278 g/mol. The molecule has 114 valence electrons. The van der Waals surface area contributed by atoms with Gasteiger partial charge in [-0.15, -0.1) is 0 Å². The first-order valence-electron chi connectivity index (χ1n) is 7.54. The van der Waals surface area contributed by atoms with Crippen molar-refractivity contribution in [1.29, 1.82) is 0 Å². The number of nitrogens with one attached hydrogen (secondary N) is 1. The van der Waals surface area contributed by atoms with Crippen molar-refractivity contribution in [2.45, 2.75) is 53.5 Å². The van der Waals surface area contributed by atoms with Gasteiger partial charge in [-0.3, -0.25) is 11.3 Å². The van der Waals surface area contributed by atoms with Gasteiger partial charge in [-0.1, -0.05) is 39.8 Å². The van der Waals surface area contributed by atoms with Gasteiger partial charge in [-0.2, -0.15) is 0 Å². The summed E-state index contributed by atoms with van der Waals surface area (Å²) in [6.45, 7) is 11.8. The third-order valence-corrected chi connectivity index (χ3v) is 3.39. The largest absolute Gasteiger partial charge is 0.494 e. The molecule has 3 N–H and O–H groups in total. The Morgan fingerprint density at radius 2 is 1.80 bits per heavy atom. The third kappa shape index (κ3) is 5.93. The first-order valence-corrected chi connectivity index (χ1v) is 7.54. The standard InChI is InChI=1S/C17H30N2O/c1-6-20-15-9-7-14(8-10-15)16(19-18)11-13(2)12-17(3,4)5/h7-10,13,16,19H,6,11-12,18H2,1-5H3. The Bertz CT molecular complexity index is 381. The molecule has 0 aromatic heterocycles. The molecule has 1 aromatic carbocycles. The molecule has 1 rings (SSSR count). The highest BCUT2D eigenvalue weighted by Gasteiger charge is 2.19. The second-order valence-electron chi connectivity index (χ2n) is 6.83.